The van der Waals surface area contributed by atoms with E-state index in [0.29, 0.717) is 6.04 Å². The van der Waals surface area contributed by atoms with Crippen LogP contribution in [0.4, 0.5) is 0 Å². The molecular weight excluding hydrogens is 146 g/mol. The van der Waals surface area contributed by atoms with Crippen molar-refractivity contribution in [2.45, 2.75) is 25.4 Å². The molecule has 1 fully saturated rings. The summed E-state index contributed by atoms with van der Waals surface area (Å²) in [6, 6.07) is 0.913. The molecule has 0 spiro atoms. The highest BCUT2D eigenvalue weighted by Crippen LogP contribution is 2.17. The second-order valence-electron chi connectivity index (χ2n) is 2.81. The van der Waals surface area contributed by atoms with E-state index in [2.05, 4.69) is 5.32 Å². The lowest BCUT2D eigenvalue weighted by atomic mass is 10.2. The molecule has 2 atom stereocenters. The predicted octanol–water partition coefficient (Wildman–Crippen LogP) is 0.462. The van der Waals surface area contributed by atoms with Gasteiger partial charge in [0.1, 0.15) is 0 Å². The Bertz CT molecular complexity index is 93.6. The second-order valence-corrected chi connectivity index (χ2v) is 3.96. The molecule has 0 radical (unpaired) electrons. The van der Waals surface area contributed by atoms with Gasteiger partial charge in [0.05, 0.1) is 6.61 Å². The van der Waals surface area contributed by atoms with Gasteiger partial charge in [0.2, 0.25) is 0 Å². The van der Waals surface area contributed by atoms with Crippen LogP contribution >= 0.6 is 11.8 Å². The first-order valence-electron chi connectivity index (χ1n) is 3.77. The fourth-order valence-electron chi connectivity index (χ4n) is 1.12. The first-order valence-corrected chi connectivity index (χ1v) is 4.93. The molecule has 0 unspecified atom stereocenters. The van der Waals surface area contributed by atoms with Gasteiger partial charge < -0.3 is 10.4 Å². The van der Waals surface area contributed by atoms with Crippen LogP contribution in [0.5, 0.6) is 0 Å². The van der Waals surface area contributed by atoms with Gasteiger partial charge in [-0.05, 0) is 19.1 Å². The quantitative estimate of drug-likeness (QED) is 0.631. The van der Waals surface area contributed by atoms with E-state index in [4.69, 9.17) is 5.11 Å². The first kappa shape index (κ1) is 8.37. The van der Waals surface area contributed by atoms with Crippen LogP contribution in [0.1, 0.15) is 13.3 Å². The molecule has 0 bridgehead atoms. The number of hydrogen-bond acceptors (Lipinski definition) is 3. The van der Waals surface area contributed by atoms with Gasteiger partial charge in [-0.1, -0.05) is 0 Å². The van der Waals surface area contributed by atoms with Gasteiger partial charge in [0.15, 0.2) is 0 Å². The second kappa shape index (κ2) is 4.21. The fraction of sp³-hybridized carbons (Fsp3) is 1.00. The summed E-state index contributed by atoms with van der Waals surface area (Å²) in [4.78, 5) is 0. The summed E-state index contributed by atoms with van der Waals surface area (Å²) in [6.45, 7) is 2.27. The van der Waals surface area contributed by atoms with Crippen LogP contribution in [0.25, 0.3) is 0 Å². The van der Waals surface area contributed by atoms with Crippen molar-refractivity contribution in [1.82, 2.24) is 5.32 Å². The summed E-state index contributed by atoms with van der Waals surface area (Å²) in [6.07, 6.45) is 1.26. The normalized spacial score (nSPS) is 28.8. The molecule has 0 amide bonds. The standard InChI is InChI=1S/C7H15NOS/c1-6(4-9)8-7-2-3-10-5-7/h6-9H,2-5H2,1H3/t6-,7-/m1/s1. The van der Waals surface area contributed by atoms with Crippen molar-refractivity contribution in [2.75, 3.05) is 18.1 Å². The summed E-state index contributed by atoms with van der Waals surface area (Å²) in [7, 11) is 0. The Labute approximate surface area is 66.4 Å². The van der Waals surface area contributed by atoms with Gasteiger partial charge in [-0.2, -0.15) is 11.8 Å². The molecule has 1 aliphatic heterocycles. The molecule has 1 saturated heterocycles. The van der Waals surface area contributed by atoms with E-state index < -0.39 is 0 Å². The number of aliphatic hydroxyl groups is 1. The fourth-order valence-corrected chi connectivity index (χ4v) is 2.29. The average molecular weight is 161 g/mol. The molecule has 60 valence electrons. The molecule has 1 heterocycles. The summed E-state index contributed by atoms with van der Waals surface area (Å²) in [5, 5.41) is 12.1. The minimum absolute atomic E-state index is 0.251. The Hall–Kier alpha value is 0.270. The zero-order chi connectivity index (χ0) is 7.40. The van der Waals surface area contributed by atoms with Gasteiger partial charge in [0.25, 0.3) is 0 Å². The smallest absolute Gasteiger partial charge is 0.0582 e. The molecule has 10 heavy (non-hydrogen) atoms. The third kappa shape index (κ3) is 2.48. The van der Waals surface area contributed by atoms with Crippen molar-refractivity contribution in [1.29, 1.82) is 0 Å². The number of aliphatic hydroxyl groups excluding tert-OH is 1. The highest BCUT2D eigenvalue weighted by molar-refractivity contribution is 7.99. The molecule has 1 aliphatic rings. The average Bonchev–Trinajstić information content (AvgIpc) is 2.40. The lowest BCUT2D eigenvalue weighted by Crippen LogP contribution is -2.38. The zero-order valence-corrected chi connectivity index (χ0v) is 7.16. The molecular formula is C7H15NOS. The molecule has 0 aromatic heterocycles. The lowest BCUT2D eigenvalue weighted by molar-refractivity contribution is 0.243. The van der Waals surface area contributed by atoms with Crippen molar-refractivity contribution in [2.24, 2.45) is 0 Å². The van der Waals surface area contributed by atoms with Gasteiger partial charge in [0, 0.05) is 17.8 Å². The van der Waals surface area contributed by atoms with Crippen LogP contribution in [0, 0.1) is 0 Å². The maximum Gasteiger partial charge on any atom is 0.0582 e. The third-order valence-electron chi connectivity index (χ3n) is 1.72. The summed E-state index contributed by atoms with van der Waals surface area (Å²) < 4.78 is 0. The Morgan fingerprint density at radius 3 is 3.10 bits per heavy atom. The SMILES string of the molecule is C[C@H](CO)N[C@@H]1CCSC1. The topological polar surface area (TPSA) is 32.3 Å². The number of hydrogen-bond donors (Lipinski definition) is 2. The van der Waals surface area contributed by atoms with Crippen molar-refractivity contribution in [3.63, 3.8) is 0 Å². The highest BCUT2D eigenvalue weighted by Gasteiger charge is 2.16. The molecule has 2 N–H and O–H groups in total. The van der Waals surface area contributed by atoms with Crippen molar-refractivity contribution in [3.8, 4) is 0 Å². The van der Waals surface area contributed by atoms with Crippen LogP contribution in [0.2, 0.25) is 0 Å². The van der Waals surface area contributed by atoms with E-state index in [1.807, 2.05) is 18.7 Å². The van der Waals surface area contributed by atoms with E-state index in [1.165, 1.54) is 17.9 Å². The Balaban J connectivity index is 2.11. The Morgan fingerprint density at radius 1 is 1.80 bits per heavy atom. The van der Waals surface area contributed by atoms with E-state index in [1.54, 1.807) is 0 Å². The number of thioether (sulfide) groups is 1. The molecule has 3 heteroatoms. The van der Waals surface area contributed by atoms with E-state index in [9.17, 15) is 0 Å². The lowest BCUT2D eigenvalue weighted by Gasteiger charge is -2.15. The summed E-state index contributed by atoms with van der Waals surface area (Å²) in [5.41, 5.74) is 0. The van der Waals surface area contributed by atoms with E-state index >= 15 is 0 Å². The van der Waals surface area contributed by atoms with Gasteiger partial charge in [-0.25, -0.2) is 0 Å². The monoisotopic (exact) mass is 161 g/mol. The molecule has 0 saturated carbocycles. The number of nitrogens with one attached hydrogen (secondary N) is 1. The van der Waals surface area contributed by atoms with Gasteiger partial charge in [-0.3, -0.25) is 0 Å². The van der Waals surface area contributed by atoms with Crippen LogP contribution in [-0.4, -0.2) is 35.3 Å². The Kier molecular flexibility index (Phi) is 3.52. The van der Waals surface area contributed by atoms with Crippen molar-refractivity contribution < 1.29 is 5.11 Å². The van der Waals surface area contributed by atoms with Crippen LogP contribution in [-0.2, 0) is 0 Å². The van der Waals surface area contributed by atoms with Crippen LogP contribution in [0.15, 0.2) is 0 Å². The maximum atomic E-state index is 8.73. The van der Waals surface area contributed by atoms with Crippen LogP contribution in [0.3, 0.4) is 0 Å². The molecule has 0 aromatic carbocycles. The largest absolute Gasteiger partial charge is 0.395 e. The van der Waals surface area contributed by atoms with Crippen molar-refractivity contribution >= 4 is 11.8 Å². The molecule has 0 aromatic rings. The minimum atomic E-state index is 0.251. The van der Waals surface area contributed by atoms with E-state index in [0.717, 1.165) is 0 Å². The van der Waals surface area contributed by atoms with Crippen molar-refractivity contribution in [3.05, 3.63) is 0 Å². The zero-order valence-electron chi connectivity index (χ0n) is 6.34. The minimum Gasteiger partial charge on any atom is -0.395 e. The predicted molar refractivity (Wildman–Crippen MR) is 45.4 cm³/mol. The van der Waals surface area contributed by atoms with E-state index in [-0.39, 0.29) is 12.6 Å². The third-order valence-corrected chi connectivity index (χ3v) is 2.89. The highest BCUT2D eigenvalue weighted by atomic mass is 32.2. The van der Waals surface area contributed by atoms with Gasteiger partial charge >= 0.3 is 0 Å². The molecule has 1 rings (SSSR count). The number of rotatable bonds is 3. The summed E-state index contributed by atoms with van der Waals surface area (Å²) in [5.74, 6) is 2.49. The first-order chi connectivity index (χ1) is 4.83. The molecule has 2 nitrogen and oxygen atoms in total. The Morgan fingerprint density at radius 2 is 2.60 bits per heavy atom. The maximum absolute atomic E-state index is 8.73. The van der Waals surface area contributed by atoms with Crippen LogP contribution < -0.4 is 5.32 Å². The summed E-state index contributed by atoms with van der Waals surface area (Å²) >= 11 is 1.99. The van der Waals surface area contributed by atoms with Gasteiger partial charge in [-0.15, -0.1) is 0 Å². The molecule has 0 aliphatic carbocycles.